The Balaban J connectivity index is 1.25. The highest BCUT2D eigenvalue weighted by atomic mass is 32.2. The van der Waals surface area contributed by atoms with Crippen LogP contribution in [0, 0.1) is 11.3 Å². The SMILES string of the molecule is C=C[C@H]1C[C@]1(NC(=O)[C@@H]1C[C@@H]2CN1C(=O)[C@H](C(C)(C)C)NC(=O)OCCCCCc1ccc3cc(-c4ccccc4)nc(c3c1)O2)C(=O)NS(=O)(=O)C1CC1. The molecule has 0 radical (unpaired) electrons. The number of hydrogen-bond donors (Lipinski definition) is 3. The first-order chi connectivity index (χ1) is 26.2. The number of rotatable bonds is 7. The fourth-order valence-corrected chi connectivity index (χ4v) is 8.93. The molecule has 3 aromatic rings. The average molecular weight is 772 g/mol. The van der Waals surface area contributed by atoms with Crippen molar-refractivity contribution in [3.63, 3.8) is 0 Å². The second-order valence-corrected chi connectivity index (χ2v) is 18.2. The minimum absolute atomic E-state index is 0.0290. The number of alkyl carbamates (subject to hydrolysis) is 1. The van der Waals surface area contributed by atoms with Crippen LogP contribution in [0.1, 0.15) is 71.3 Å². The van der Waals surface area contributed by atoms with Crippen LogP contribution in [0.2, 0.25) is 0 Å². The fraction of sp³-hybridized carbons (Fsp3) is 0.488. The van der Waals surface area contributed by atoms with Gasteiger partial charge in [-0.25, -0.2) is 18.2 Å². The number of fused-ring (bicyclic) bond motifs is 3. The van der Waals surface area contributed by atoms with Gasteiger partial charge < -0.3 is 25.0 Å². The minimum Gasteiger partial charge on any atom is -0.472 e. The van der Waals surface area contributed by atoms with Crippen LogP contribution in [0.4, 0.5) is 4.79 Å². The Labute approximate surface area is 321 Å². The normalized spacial score (nSPS) is 26.2. The number of nitrogens with one attached hydrogen (secondary N) is 3. The van der Waals surface area contributed by atoms with E-state index in [2.05, 4.69) is 34.1 Å². The molecule has 4 amide bonds. The maximum atomic E-state index is 14.6. The molecule has 7 rings (SSSR count). The maximum absolute atomic E-state index is 14.6. The predicted molar refractivity (Wildman–Crippen MR) is 206 cm³/mol. The lowest BCUT2D eigenvalue weighted by Crippen LogP contribution is -2.60. The minimum atomic E-state index is -3.90. The van der Waals surface area contributed by atoms with Gasteiger partial charge in [0.2, 0.25) is 27.7 Å². The molecular formula is C41H49N5O8S. The molecule has 292 valence electrons. The van der Waals surface area contributed by atoms with Gasteiger partial charge in [0.05, 0.1) is 24.1 Å². The fourth-order valence-electron chi connectivity index (χ4n) is 7.56. The molecule has 2 aromatic carbocycles. The van der Waals surface area contributed by atoms with Crippen molar-refractivity contribution in [1.82, 2.24) is 25.2 Å². The Kier molecular flexibility index (Phi) is 10.4. The van der Waals surface area contributed by atoms with Crippen molar-refractivity contribution in [2.75, 3.05) is 13.2 Å². The molecule has 1 aromatic heterocycles. The topological polar surface area (TPSA) is 173 Å². The average Bonchev–Trinajstić information content (AvgIpc) is 4.08. The van der Waals surface area contributed by atoms with Crippen molar-refractivity contribution in [3.8, 4) is 17.1 Å². The lowest BCUT2D eigenvalue weighted by Gasteiger charge is -2.35. The molecule has 3 fully saturated rings. The third-order valence-electron chi connectivity index (χ3n) is 11.0. The van der Waals surface area contributed by atoms with Crippen molar-refractivity contribution >= 4 is 44.6 Å². The largest absolute Gasteiger partial charge is 0.472 e. The molecule has 14 heteroatoms. The third kappa shape index (κ3) is 8.19. The van der Waals surface area contributed by atoms with E-state index in [0.29, 0.717) is 30.8 Å². The highest BCUT2D eigenvalue weighted by molar-refractivity contribution is 7.91. The summed E-state index contributed by atoms with van der Waals surface area (Å²) in [7, 11) is -3.90. The number of aryl methyl sites for hydroxylation is 1. The van der Waals surface area contributed by atoms with Crippen molar-refractivity contribution < 1.29 is 37.1 Å². The summed E-state index contributed by atoms with van der Waals surface area (Å²) in [6.07, 6.45) is 4.31. The number of benzene rings is 2. The number of pyridine rings is 1. The summed E-state index contributed by atoms with van der Waals surface area (Å²) in [5.74, 6) is -2.17. The second kappa shape index (κ2) is 14.9. The number of nitrogens with zero attached hydrogens (tertiary/aromatic N) is 2. The summed E-state index contributed by atoms with van der Waals surface area (Å²) in [5.41, 5.74) is 0.343. The zero-order valence-electron chi connectivity index (χ0n) is 31.5. The zero-order valence-corrected chi connectivity index (χ0v) is 32.3. The van der Waals surface area contributed by atoms with Crippen LogP contribution in [0.5, 0.6) is 5.88 Å². The molecule has 1 saturated heterocycles. The van der Waals surface area contributed by atoms with Crippen molar-refractivity contribution in [2.45, 2.75) is 101 Å². The molecule has 13 nitrogen and oxygen atoms in total. The van der Waals surface area contributed by atoms with Crippen molar-refractivity contribution in [1.29, 1.82) is 0 Å². The lowest BCUT2D eigenvalue weighted by molar-refractivity contribution is -0.142. The second-order valence-electron chi connectivity index (χ2n) is 16.3. The van der Waals surface area contributed by atoms with E-state index in [1.54, 1.807) is 0 Å². The van der Waals surface area contributed by atoms with E-state index in [1.807, 2.05) is 63.2 Å². The lowest BCUT2D eigenvalue weighted by atomic mass is 9.85. The predicted octanol–water partition coefficient (Wildman–Crippen LogP) is 4.79. The van der Waals surface area contributed by atoms with E-state index in [9.17, 15) is 27.6 Å². The zero-order chi connectivity index (χ0) is 39.1. The van der Waals surface area contributed by atoms with Crippen LogP contribution >= 0.6 is 0 Å². The molecule has 4 bridgehead atoms. The summed E-state index contributed by atoms with van der Waals surface area (Å²) in [5, 5.41) is 6.66. The Morgan fingerprint density at radius 2 is 1.82 bits per heavy atom. The third-order valence-corrected chi connectivity index (χ3v) is 12.8. The molecule has 2 aliphatic heterocycles. The Hall–Kier alpha value is -4.98. The van der Waals surface area contributed by atoms with Gasteiger partial charge in [-0.3, -0.25) is 19.1 Å². The molecule has 5 atom stereocenters. The van der Waals surface area contributed by atoms with Gasteiger partial charge in [-0.1, -0.05) is 69.3 Å². The standard InChI is InChI=1S/C41H49N5O8S/c1-5-28-23-41(28,38(49)45-55(51,52)30-17-18-30)44-35(47)33-22-29-24-46(33)37(48)34(40(2,3)4)43-39(50)53-19-11-7-8-12-25-15-16-27-21-32(26-13-9-6-10-14-26)42-36(54-29)31(27)20-25/h5-6,9-10,13-16,20-21,28-30,33-34H,1,7-8,11-12,17-19,22-24H2,2-4H3,(H,43,50)(H,44,47)(H,45,49)/t28-,29+,33-,34+,41+/m0/s1. The summed E-state index contributed by atoms with van der Waals surface area (Å²) < 4.78 is 39.9. The summed E-state index contributed by atoms with van der Waals surface area (Å²) in [6, 6.07) is 15.7. The number of ether oxygens (including phenoxy) is 2. The van der Waals surface area contributed by atoms with Gasteiger partial charge in [-0.05, 0) is 73.4 Å². The number of cyclic esters (lactones) is 1. The van der Waals surface area contributed by atoms with Crippen LogP contribution < -0.4 is 20.1 Å². The van der Waals surface area contributed by atoms with Crippen molar-refractivity contribution in [3.05, 3.63) is 72.8 Å². The molecule has 2 saturated carbocycles. The van der Waals surface area contributed by atoms with Crippen molar-refractivity contribution in [2.24, 2.45) is 11.3 Å². The highest BCUT2D eigenvalue weighted by Gasteiger charge is 2.62. The van der Waals surface area contributed by atoms with E-state index in [4.69, 9.17) is 14.5 Å². The van der Waals surface area contributed by atoms with E-state index in [0.717, 1.165) is 41.2 Å². The van der Waals surface area contributed by atoms with Crippen LogP contribution in [-0.2, 0) is 35.6 Å². The molecule has 3 heterocycles. The van der Waals surface area contributed by atoms with Gasteiger partial charge in [-0.2, -0.15) is 0 Å². The first-order valence-electron chi connectivity index (χ1n) is 19.1. The van der Waals surface area contributed by atoms with Gasteiger partial charge in [0, 0.05) is 23.3 Å². The van der Waals surface area contributed by atoms with Crippen LogP contribution in [-0.4, -0.2) is 84.2 Å². The first-order valence-corrected chi connectivity index (χ1v) is 20.6. The van der Waals surface area contributed by atoms with E-state index >= 15 is 0 Å². The molecule has 0 spiro atoms. The molecule has 0 unspecified atom stereocenters. The van der Waals surface area contributed by atoms with Gasteiger partial charge >= 0.3 is 6.09 Å². The smallest absolute Gasteiger partial charge is 0.407 e. The number of amides is 4. The quantitative estimate of drug-likeness (QED) is 0.286. The van der Waals surface area contributed by atoms with Gasteiger partial charge in [-0.15, -0.1) is 6.58 Å². The Bertz CT molecular complexity index is 2120. The monoisotopic (exact) mass is 771 g/mol. The number of aromatic nitrogens is 1. The Morgan fingerprint density at radius 1 is 1.05 bits per heavy atom. The van der Waals surface area contributed by atoms with Crippen LogP contribution in [0.3, 0.4) is 0 Å². The summed E-state index contributed by atoms with van der Waals surface area (Å²) in [6.45, 7) is 9.37. The van der Waals surface area contributed by atoms with Gasteiger partial charge in [0.25, 0.3) is 5.91 Å². The number of sulfonamides is 1. The number of hydrogen-bond acceptors (Lipinski definition) is 9. The van der Waals surface area contributed by atoms with E-state index in [-0.39, 0.29) is 26.0 Å². The molecule has 4 aliphatic rings. The Morgan fingerprint density at radius 3 is 2.51 bits per heavy atom. The maximum Gasteiger partial charge on any atom is 0.407 e. The van der Waals surface area contributed by atoms with E-state index in [1.165, 1.54) is 11.0 Å². The number of carbonyl (C=O) groups excluding carboxylic acids is 4. The van der Waals surface area contributed by atoms with Gasteiger partial charge in [0.15, 0.2) is 0 Å². The first kappa shape index (κ1) is 38.3. The molecule has 55 heavy (non-hydrogen) atoms. The highest BCUT2D eigenvalue weighted by Crippen LogP contribution is 2.46. The summed E-state index contributed by atoms with van der Waals surface area (Å²) in [4.78, 5) is 62.0. The summed E-state index contributed by atoms with van der Waals surface area (Å²) >= 11 is 0. The number of carbonyl (C=O) groups is 4. The molecule has 2 aliphatic carbocycles. The van der Waals surface area contributed by atoms with E-state index < -0.39 is 74.1 Å². The van der Waals surface area contributed by atoms with Crippen LogP contribution in [0.25, 0.3) is 22.0 Å². The van der Waals surface area contributed by atoms with Gasteiger partial charge in [0.1, 0.15) is 23.7 Å². The van der Waals surface area contributed by atoms with Crippen LogP contribution in [0.15, 0.2) is 67.3 Å². The molecular weight excluding hydrogens is 723 g/mol. The molecule has 3 N–H and O–H groups in total.